The first-order valence-electron chi connectivity index (χ1n) is 17.3. The highest BCUT2D eigenvalue weighted by Gasteiger charge is 2.37. The van der Waals surface area contributed by atoms with E-state index in [2.05, 4.69) is 47.4 Å². The van der Waals surface area contributed by atoms with Crippen molar-refractivity contribution in [1.82, 2.24) is 30.2 Å². The van der Waals surface area contributed by atoms with E-state index in [-0.39, 0.29) is 29.2 Å². The molecule has 2 aromatic heterocycles. The number of nitrogens with zero attached hydrogens (tertiary/aromatic N) is 7. The van der Waals surface area contributed by atoms with Crippen LogP contribution in [0.5, 0.6) is 11.5 Å². The first-order chi connectivity index (χ1) is 24.3. The van der Waals surface area contributed by atoms with Gasteiger partial charge < -0.3 is 25.4 Å². The molecule has 0 unspecified atom stereocenters. The third kappa shape index (κ3) is 5.97. The number of ether oxygens (including phenoxy) is 1. The van der Waals surface area contributed by atoms with Gasteiger partial charge in [-0.1, -0.05) is 18.2 Å². The lowest BCUT2D eigenvalue weighted by molar-refractivity contribution is -0.134. The number of hydrogen-bond donors (Lipinski definition) is 3. The van der Waals surface area contributed by atoms with Crippen LogP contribution >= 0.6 is 0 Å². The predicted molar refractivity (Wildman–Crippen MR) is 185 cm³/mol. The van der Waals surface area contributed by atoms with E-state index in [0.717, 1.165) is 69.0 Å². The molecule has 50 heavy (non-hydrogen) atoms. The zero-order valence-electron chi connectivity index (χ0n) is 27.7. The van der Waals surface area contributed by atoms with Crippen molar-refractivity contribution in [3.05, 3.63) is 66.2 Å². The lowest BCUT2D eigenvalue weighted by atomic mass is 9.80. The Kier molecular flexibility index (Phi) is 8.47. The number of amides is 2. The molecule has 1 atom stereocenters. The van der Waals surface area contributed by atoms with Gasteiger partial charge in [-0.05, 0) is 67.9 Å². The normalized spacial score (nSPS) is 22.9. The zero-order chi connectivity index (χ0) is 34.4. The first-order valence-corrected chi connectivity index (χ1v) is 17.3. The highest BCUT2D eigenvalue weighted by atomic mass is 19.1. The highest BCUT2D eigenvalue weighted by Crippen LogP contribution is 2.45. The molecule has 0 spiro atoms. The molecule has 3 fully saturated rings. The number of piperidine rings is 1. The Bertz CT molecular complexity index is 1920. The van der Waals surface area contributed by atoms with Gasteiger partial charge in [-0.25, -0.2) is 9.07 Å². The van der Waals surface area contributed by atoms with Gasteiger partial charge in [0, 0.05) is 44.2 Å². The number of nitrogens with two attached hydrogens (primary N) is 1. The second-order valence-electron chi connectivity index (χ2n) is 13.5. The molecule has 2 aromatic carbocycles. The van der Waals surface area contributed by atoms with Crippen molar-refractivity contribution >= 4 is 29.0 Å². The van der Waals surface area contributed by atoms with Crippen LogP contribution in [-0.4, -0.2) is 93.2 Å². The van der Waals surface area contributed by atoms with Gasteiger partial charge in [-0.3, -0.25) is 19.8 Å². The Morgan fingerprint density at radius 3 is 2.54 bits per heavy atom. The Hall–Kier alpha value is -5.24. The van der Waals surface area contributed by atoms with Gasteiger partial charge in [-0.2, -0.15) is 5.10 Å². The second-order valence-corrected chi connectivity index (χ2v) is 13.5. The summed E-state index contributed by atoms with van der Waals surface area (Å²) in [4.78, 5) is 31.5. The van der Waals surface area contributed by atoms with Crippen molar-refractivity contribution in [2.24, 2.45) is 0 Å². The van der Waals surface area contributed by atoms with Crippen LogP contribution in [0.2, 0.25) is 0 Å². The van der Waals surface area contributed by atoms with Crippen LogP contribution in [0.4, 0.5) is 21.6 Å². The molecular weight excluding hydrogens is 641 g/mol. The fourth-order valence-electron chi connectivity index (χ4n) is 8.05. The number of carbonyl (C=O) groups is 2. The predicted octanol–water partition coefficient (Wildman–Crippen LogP) is 3.61. The van der Waals surface area contributed by atoms with Crippen LogP contribution in [0.1, 0.15) is 50.0 Å². The summed E-state index contributed by atoms with van der Waals surface area (Å²) in [5.74, 6) is -0.174. The SMILES string of the molecule is Nc1nnc(-c2cccc(F)c2O)cc1-n1cc(N2CCN([C@H]3CC[C@H](c4cccc5c4OCCN5[C@@H]4CCC(=O)NC4=O)CC3)CC2)cn1. The largest absolute Gasteiger partial charge is 0.504 e. The summed E-state index contributed by atoms with van der Waals surface area (Å²) in [6.45, 7) is 4.79. The molecule has 2 saturated heterocycles. The van der Waals surface area contributed by atoms with Crippen LogP contribution < -0.4 is 25.6 Å². The van der Waals surface area contributed by atoms with Crippen LogP contribution in [0.15, 0.2) is 54.9 Å². The summed E-state index contributed by atoms with van der Waals surface area (Å²) in [5.41, 5.74) is 10.3. The van der Waals surface area contributed by atoms with Gasteiger partial charge >= 0.3 is 0 Å². The summed E-state index contributed by atoms with van der Waals surface area (Å²) in [5, 5.41) is 25.4. The van der Waals surface area contributed by atoms with E-state index in [1.165, 1.54) is 17.7 Å². The molecular formula is C36H40FN9O4. The number of phenols is 1. The smallest absolute Gasteiger partial charge is 0.249 e. The van der Waals surface area contributed by atoms with Gasteiger partial charge in [0.05, 0.1) is 36.0 Å². The summed E-state index contributed by atoms with van der Waals surface area (Å²) in [6.07, 6.45) is 8.98. The Morgan fingerprint density at radius 2 is 1.74 bits per heavy atom. The number of para-hydroxylation sites is 2. The average Bonchev–Trinajstić information content (AvgIpc) is 3.63. The number of nitrogen functional groups attached to an aromatic ring is 1. The third-order valence-corrected chi connectivity index (χ3v) is 10.7. The fraction of sp³-hybridized carbons (Fsp3) is 0.417. The van der Waals surface area contributed by atoms with Crippen LogP contribution in [0.25, 0.3) is 16.9 Å². The van der Waals surface area contributed by atoms with E-state index in [0.29, 0.717) is 49.3 Å². The lowest BCUT2D eigenvalue weighted by Crippen LogP contribution is -2.54. The van der Waals surface area contributed by atoms with Crippen molar-refractivity contribution in [1.29, 1.82) is 0 Å². The first kappa shape index (κ1) is 32.0. The number of anilines is 3. The average molecular weight is 682 g/mol. The van der Waals surface area contributed by atoms with Crippen molar-refractivity contribution in [3.8, 4) is 28.4 Å². The van der Waals surface area contributed by atoms with E-state index >= 15 is 0 Å². The minimum atomic E-state index is -0.736. The molecule has 14 heteroatoms. The van der Waals surface area contributed by atoms with Gasteiger partial charge in [-0.15, -0.1) is 10.2 Å². The van der Waals surface area contributed by atoms with E-state index in [1.807, 2.05) is 18.5 Å². The maximum atomic E-state index is 14.0. The second kappa shape index (κ2) is 13.2. The monoisotopic (exact) mass is 681 g/mol. The topological polar surface area (TPSA) is 155 Å². The van der Waals surface area contributed by atoms with Crippen molar-refractivity contribution in [3.63, 3.8) is 0 Å². The van der Waals surface area contributed by atoms with E-state index in [4.69, 9.17) is 10.5 Å². The summed E-state index contributed by atoms with van der Waals surface area (Å²) in [7, 11) is 0. The standard InChI is InChI=1S/C36H40FN9O4/c37-27-5-1-4-26(33(27)48)28-19-31(35(38)42-41-28)46-21-24(20-39-46)44-15-13-43(14-16-44)23-9-7-22(8-10-23)25-3-2-6-29-34(25)50-18-17-45(29)30-11-12-32(47)40-36(30)49/h1-6,19-23,30,48H,7-18H2,(H2,38,42)(H,40,47,49)/t22-,23-,30-/m1/s1. The molecule has 5 heterocycles. The molecule has 4 N–H and O–H groups in total. The molecule has 8 rings (SSSR count). The summed E-state index contributed by atoms with van der Waals surface area (Å²) < 4.78 is 21.9. The molecule has 0 radical (unpaired) electrons. The minimum absolute atomic E-state index is 0.175. The molecule has 4 aliphatic rings. The fourth-order valence-corrected chi connectivity index (χ4v) is 8.05. The minimum Gasteiger partial charge on any atom is -0.504 e. The van der Waals surface area contributed by atoms with Gasteiger partial charge in [0.2, 0.25) is 11.8 Å². The quantitative estimate of drug-likeness (QED) is 0.256. The summed E-state index contributed by atoms with van der Waals surface area (Å²) >= 11 is 0. The number of piperazine rings is 1. The number of imide groups is 1. The van der Waals surface area contributed by atoms with Gasteiger partial charge in [0.25, 0.3) is 0 Å². The summed E-state index contributed by atoms with van der Waals surface area (Å²) in [6, 6.07) is 12.4. The maximum absolute atomic E-state index is 14.0. The molecule has 3 aliphatic heterocycles. The number of fused-ring (bicyclic) bond motifs is 1. The Labute approximate surface area is 288 Å². The third-order valence-electron chi connectivity index (χ3n) is 10.7. The number of nitrogens with one attached hydrogen (secondary N) is 1. The highest BCUT2D eigenvalue weighted by molar-refractivity contribution is 6.02. The van der Waals surface area contributed by atoms with E-state index in [1.54, 1.807) is 16.8 Å². The lowest BCUT2D eigenvalue weighted by Gasteiger charge is -2.43. The number of phenolic OH excluding ortho intramolecular Hbond substituents is 1. The molecule has 13 nitrogen and oxygen atoms in total. The maximum Gasteiger partial charge on any atom is 0.249 e. The number of aromatic hydroxyl groups is 1. The number of halogens is 1. The molecule has 2 amide bonds. The molecule has 260 valence electrons. The molecule has 0 bridgehead atoms. The Balaban J connectivity index is 0.886. The van der Waals surface area contributed by atoms with Crippen molar-refractivity contribution < 1.29 is 23.8 Å². The number of aromatic nitrogens is 4. The van der Waals surface area contributed by atoms with E-state index < -0.39 is 11.6 Å². The van der Waals surface area contributed by atoms with Gasteiger partial charge in [0.15, 0.2) is 17.4 Å². The zero-order valence-corrected chi connectivity index (χ0v) is 27.7. The number of rotatable bonds is 6. The van der Waals surface area contributed by atoms with Crippen LogP contribution in [0.3, 0.4) is 0 Å². The van der Waals surface area contributed by atoms with Gasteiger partial charge in [0.1, 0.15) is 24.1 Å². The number of benzene rings is 2. The van der Waals surface area contributed by atoms with Crippen LogP contribution in [0, 0.1) is 5.82 Å². The van der Waals surface area contributed by atoms with Crippen molar-refractivity contribution in [2.75, 3.05) is 54.9 Å². The number of carbonyl (C=O) groups excluding carboxylic acids is 2. The Morgan fingerprint density at radius 1 is 0.940 bits per heavy atom. The molecule has 1 aliphatic carbocycles. The molecule has 1 saturated carbocycles. The van der Waals surface area contributed by atoms with Crippen molar-refractivity contribution in [2.45, 2.75) is 56.5 Å². The van der Waals surface area contributed by atoms with Crippen LogP contribution in [-0.2, 0) is 9.59 Å². The van der Waals surface area contributed by atoms with E-state index in [9.17, 15) is 19.1 Å². The number of hydrogen-bond acceptors (Lipinski definition) is 11. The molecule has 4 aromatic rings.